The number of imidazole rings is 2. The van der Waals surface area contributed by atoms with E-state index in [4.69, 9.17) is 9.47 Å². The van der Waals surface area contributed by atoms with Gasteiger partial charge in [-0.2, -0.15) is 0 Å². The summed E-state index contributed by atoms with van der Waals surface area (Å²) in [6.45, 7) is 12.4. The molecule has 2 aliphatic rings. The summed E-state index contributed by atoms with van der Waals surface area (Å²) < 4.78 is 12.8. The fraction of sp³-hybridized carbons (Fsp3) is 0.457. The number of hydrogen-bond donors (Lipinski definition) is 2. The molecule has 47 heavy (non-hydrogen) atoms. The summed E-state index contributed by atoms with van der Waals surface area (Å²) in [7, 11) is 0. The molecule has 2 amide bonds. The number of amides is 2. The average molecular weight is 642 g/mol. The van der Waals surface area contributed by atoms with Gasteiger partial charge in [-0.05, 0) is 91.0 Å². The fourth-order valence-corrected chi connectivity index (χ4v) is 6.15. The Morgan fingerprint density at radius 1 is 0.745 bits per heavy atom. The normalized spacial score (nSPS) is 18.5. The molecule has 0 radical (unpaired) electrons. The first-order valence-electron chi connectivity index (χ1n) is 16.2. The van der Waals surface area contributed by atoms with Crippen molar-refractivity contribution in [3.63, 3.8) is 0 Å². The van der Waals surface area contributed by atoms with Gasteiger partial charge in [0.2, 0.25) is 0 Å². The van der Waals surface area contributed by atoms with E-state index >= 15 is 0 Å². The molecule has 2 N–H and O–H groups in total. The molecule has 2 atom stereocenters. The molecule has 0 aliphatic carbocycles. The molecule has 2 saturated heterocycles. The van der Waals surface area contributed by atoms with Crippen LogP contribution in [0.3, 0.4) is 0 Å². The van der Waals surface area contributed by atoms with Crippen LogP contribution in [0.5, 0.6) is 0 Å². The Labute approximate surface area is 274 Å². The van der Waals surface area contributed by atoms with Crippen LogP contribution in [0.25, 0.3) is 28.2 Å². The van der Waals surface area contributed by atoms with E-state index in [9.17, 15) is 14.4 Å². The van der Waals surface area contributed by atoms with E-state index in [-0.39, 0.29) is 29.8 Å². The number of likely N-dealkylation sites (tertiary alicyclic amines) is 2. The van der Waals surface area contributed by atoms with E-state index in [2.05, 4.69) is 19.9 Å². The summed E-state index contributed by atoms with van der Waals surface area (Å²) >= 11 is 0. The number of rotatable bonds is 5. The van der Waals surface area contributed by atoms with Gasteiger partial charge in [0.1, 0.15) is 22.9 Å². The third-order valence-corrected chi connectivity index (χ3v) is 8.27. The van der Waals surface area contributed by atoms with Gasteiger partial charge >= 0.3 is 12.2 Å². The Balaban J connectivity index is 1.14. The zero-order valence-electron chi connectivity index (χ0n) is 27.9. The quantitative estimate of drug-likeness (QED) is 0.245. The molecule has 2 fully saturated rings. The number of carbonyl (C=O) groups excluding carboxylic acids is 2. The van der Waals surface area contributed by atoms with E-state index in [1.165, 1.54) is 0 Å². The SMILES string of the molecule is CC(C)(C)OC(=O)N1CCC[C@@H]1c1ncc(-c2ccc(-n3ccc(-c4cnc([C@@H]5CCCN5C(=O)OC(C)(C)C)[nH]4)cc3=O)cc2)[nH]1. The van der Waals surface area contributed by atoms with Crippen LogP contribution < -0.4 is 5.56 Å². The molecule has 2 aliphatic heterocycles. The van der Waals surface area contributed by atoms with Crippen LogP contribution >= 0.6 is 0 Å². The Morgan fingerprint density at radius 2 is 1.23 bits per heavy atom. The molecular formula is C35H43N7O5. The van der Waals surface area contributed by atoms with Gasteiger partial charge < -0.3 is 19.4 Å². The van der Waals surface area contributed by atoms with Crippen molar-refractivity contribution in [2.75, 3.05) is 13.1 Å². The summed E-state index contributed by atoms with van der Waals surface area (Å²) in [5.74, 6) is 1.40. The zero-order valence-corrected chi connectivity index (χ0v) is 27.9. The molecule has 5 heterocycles. The third-order valence-electron chi connectivity index (χ3n) is 8.27. The van der Waals surface area contributed by atoms with Gasteiger partial charge in [0, 0.05) is 36.6 Å². The molecule has 12 heteroatoms. The molecular weight excluding hydrogens is 598 g/mol. The number of nitrogens with zero attached hydrogens (tertiary/aromatic N) is 5. The molecule has 4 aromatic rings. The van der Waals surface area contributed by atoms with Gasteiger partial charge in [0.05, 0.1) is 35.9 Å². The van der Waals surface area contributed by atoms with E-state index in [1.807, 2.05) is 71.9 Å². The highest BCUT2D eigenvalue weighted by molar-refractivity contribution is 5.70. The number of pyridine rings is 1. The Morgan fingerprint density at radius 3 is 1.70 bits per heavy atom. The van der Waals surface area contributed by atoms with Gasteiger partial charge in [-0.25, -0.2) is 19.6 Å². The smallest absolute Gasteiger partial charge is 0.410 e. The first-order chi connectivity index (χ1) is 22.3. The van der Waals surface area contributed by atoms with Crippen LogP contribution in [0.2, 0.25) is 0 Å². The summed E-state index contributed by atoms with van der Waals surface area (Å²) in [4.78, 5) is 58.1. The Kier molecular flexibility index (Phi) is 8.46. The summed E-state index contributed by atoms with van der Waals surface area (Å²) in [6.07, 6.45) is 7.89. The predicted octanol–water partition coefficient (Wildman–Crippen LogP) is 6.76. The molecule has 6 rings (SSSR count). The lowest BCUT2D eigenvalue weighted by atomic mass is 10.1. The molecule has 0 unspecified atom stereocenters. The third kappa shape index (κ3) is 7.11. The highest BCUT2D eigenvalue weighted by Gasteiger charge is 2.36. The monoisotopic (exact) mass is 641 g/mol. The Hall–Kier alpha value is -4.87. The first-order valence-corrected chi connectivity index (χ1v) is 16.2. The van der Waals surface area contributed by atoms with Crippen LogP contribution in [-0.2, 0) is 9.47 Å². The highest BCUT2D eigenvalue weighted by atomic mass is 16.6. The second-order valence-corrected chi connectivity index (χ2v) is 14.2. The zero-order chi connectivity index (χ0) is 33.5. The molecule has 248 valence electrons. The van der Waals surface area contributed by atoms with Crippen molar-refractivity contribution in [3.05, 3.63) is 77.0 Å². The van der Waals surface area contributed by atoms with Gasteiger partial charge in [-0.3, -0.25) is 19.2 Å². The van der Waals surface area contributed by atoms with Gasteiger partial charge in [0.25, 0.3) is 5.56 Å². The topological polar surface area (TPSA) is 138 Å². The van der Waals surface area contributed by atoms with Crippen molar-refractivity contribution in [2.45, 2.75) is 90.5 Å². The second-order valence-electron chi connectivity index (χ2n) is 14.2. The minimum absolute atomic E-state index is 0.164. The number of nitrogens with one attached hydrogen (secondary N) is 2. The second kappa shape index (κ2) is 12.4. The van der Waals surface area contributed by atoms with Crippen molar-refractivity contribution in [2.24, 2.45) is 0 Å². The standard InChI is InChI=1S/C35H43N7O5/c1-34(2,3)46-32(44)41-16-7-9-27(41)30-36-20-25(38-30)22-11-13-24(14-12-22)40-18-15-23(19-29(40)43)26-21-37-31(39-26)28-10-8-17-42(28)33(45)47-35(4,5)6/h11-15,18-21,27-28H,7-10,16-17H2,1-6H3,(H,36,38)(H,37,39)/t27-,28+/m1/s1. The summed E-state index contributed by atoms with van der Waals surface area (Å²) in [5, 5.41) is 0. The van der Waals surface area contributed by atoms with E-state index < -0.39 is 11.2 Å². The van der Waals surface area contributed by atoms with Crippen molar-refractivity contribution in [3.8, 4) is 28.2 Å². The van der Waals surface area contributed by atoms with Crippen molar-refractivity contribution < 1.29 is 19.1 Å². The minimum Gasteiger partial charge on any atom is -0.444 e. The Bertz CT molecular complexity index is 1810. The van der Waals surface area contributed by atoms with Crippen LogP contribution in [0.1, 0.15) is 91.0 Å². The maximum Gasteiger partial charge on any atom is 0.410 e. The molecule has 0 saturated carbocycles. The van der Waals surface area contributed by atoms with E-state index in [0.29, 0.717) is 30.2 Å². The van der Waals surface area contributed by atoms with Gasteiger partial charge in [-0.15, -0.1) is 0 Å². The molecule has 0 spiro atoms. The van der Waals surface area contributed by atoms with E-state index in [1.54, 1.807) is 39.0 Å². The van der Waals surface area contributed by atoms with Crippen LogP contribution in [0, 0.1) is 0 Å². The highest BCUT2D eigenvalue weighted by Crippen LogP contribution is 2.34. The fourth-order valence-electron chi connectivity index (χ4n) is 6.15. The van der Waals surface area contributed by atoms with Gasteiger partial charge in [0.15, 0.2) is 0 Å². The number of aromatic nitrogens is 5. The van der Waals surface area contributed by atoms with Crippen molar-refractivity contribution >= 4 is 12.2 Å². The lowest BCUT2D eigenvalue weighted by Gasteiger charge is -2.27. The molecule has 3 aromatic heterocycles. The minimum atomic E-state index is -0.576. The van der Waals surface area contributed by atoms with Crippen LogP contribution in [0.4, 0.5) is 9.59 Å². The van der Waals surface area contributed by atoms with Crippen molar-refractivity contribution in [1.82, 2.24) is 34.3 Å². The molecule has 12 nitrogen and oxygen atoms in total. The van der Waals surface area contributed by atoms with Gasteiger partial charge in [-0.1, -0.05) is 12.1 Å². The van der Waals surface area contributed by atoms with E-state index in [0.717, 1.165) is 48.5 Å². The number of benzene rings is 1. The summed E-state index contributed by atoms with van der Waals surface area (Å²) in [6, 6.07) is 10.7. The number of aromatic amines is 2. The molecule has 0 bridgehead atoms. The van der Waals surface area contributed by atoms with Crippen LogP contribution in [-0.4, -0.2) is 70.8 Å². The van der Waals surface area contributed by atoms with Crippen LogP contribution in [0.15, 0.2) is 59.8 Å². The average Bonchev–Trinajstić information content (AvgIpc) is 3.81. The maximum atomic E-state index is 13.2. The van der Waals surface area contributed by atoms with Crippen molar-refractivity contribution in [1.29, 1.82) is 0 Å². The number of H-pyrrole nitrogens is 2. The molecule has 1 aromatic carbocycles. The summed E-state index contributed by atoms with van der Waals surface area (Å²) in [5.41, 5.74) is 2.56. The lowest BCUT2D eigenvalue weighted by molar-refractivity contribution is 0.0208. The number of ether oxygens (including phenoxy) is 2. The lowest BCUT2D eigenvalue weighted by Crippen LogP contribution is -2.36. The largest absolute Gasteiger partial charge is 0.444 e. The number of hydrogen-bond acceptors (Lipinski definition) is 7. The predicted molar refractivity (Wildman–Crippen MR) is 177 cm³/mol. The first kappa shape index (κ1) is 32.1. The maximum absolute atomic E-state index is 13.2. The number of carbonyl (C=O) groups is 2.